The van der Waals surface area contributed by atoms with Crippen LogP contribution in [0.5, 0.6) is 0 Å². The Morgan fingerprint density at radius 3 is 2.33 bits per heavy atom. The van der Waals surface area contributed by atoms with Crippen LogP contribution >= 0.6 is 11.8 Å². The van der Waals surface area contributed by atoms with E-state index in [9.17, 15) is 0 Å². The van der Waals surface area contributed by atoms with Gasteiger partial charge in [-0.1, -0.05) is 27.7 Å². The number of hydrogen-bond acceptors (Lipinski definition) is 3. The Hall–Kier alpha value is 0.270. The minimum absolute atomic E-state index is 0.744. The number of nitrogens with zero attached hydrogens (tertiary/aromatic N) is 1. The lowest BCUT2D eigenvalue weighted by atomic mass is 10.1. The Bertz CT molecular complexity index is 161. The lowest BCUT2D eigenvalue weighted by Crippen LogP contribution is -2.29. The average molecular weight is 275 g/mol. The van der Waals surface area contributed by atoms with Gasteiger partial charge in [0.25, 0.3) is 0 Å². The summed E-state index contributed by atoms with van der Waals surface area (Å²) < 4.78 is 0. The fraction of sp³-hybridized carbons (Fsp3) is 1.00. The molecule has 0 aromatic carbocycles. The zero-order valence-corrected chi connectivity index (χ0v) is 13.8. The molecule has 0 saturated heterocycles. The summed E-state index contributed by atoms with van der Waals surface area (Å²) in [5.41, 5.74) is 0. The van der Waals surface area contributed by atoms with E-state index in [0.717, 1.165) is 6.04 Å². The van der Waals surface area contributed by atoms with E-state index in [-0.39, 0.29) is 0 Å². The van der Waals surface area contributed by atoms with Gasteiger partial charge in [0, 0.05) is 18.3 Å². The van der Waals surface area contributed by atoms with Gasteiger partial charge in [-0.15, -0.1) is 0 Å². The van der Waals surface area contributed by atoms with Gasteiger partial charge in [-0.05, 0) is 51.1 Å². The normalized spacial score (nSPS) is 13.2. The van der Waals surface area contributed by atoms with Crippen molar-refractivity contribution in [3.05, 3.63) is 0 Å². The van der Waals surface area contributed by atoms with Crippen LogP contribution in [0.25, 0.3) is 0 Å². The van der Waals surface area contributed by atoms with Crippen LogP contribution in [0.1, 0.15) is 53.4 Å². The first-order valence-electron chi connectivity index (χ1n) is 7.81. The second kappa shape index (κ2) is 13.7. The van der Waals surface area contributed by atoms with Crippen LogP contribution in [0.2, 0.25) is 0 Å². The highest BCUT2D eigenvalue weighted by molar-refractivity contribution is 7.99. The second-order valence-electron chi connectivity index (χ2n) is 4.84. The molecule has 0 aliphatic rings. The van der Waals surface area contributed by atoms with Crippen LogP contribution in [0, 0.1) is 0 Å². The maximum atomic E-state index is 3.63. The molecule has 0 aliphatic heterocycles. The topological polar surface area (TPSA) is 15.3 Å². The SMILES string of the molecule is CCCNC(CC)CCCSCCN(CC)CC. The quantitative estimate of drug-likeness (QED) is 0.516. The summed E-state index contributed by atoms with van der Waals surface area (Å²) in [5, 5.41) is 3.63. The summed E-state index contributed by atoms with van der Waals surface area (Å²) in [6, 6.07) is 0.744. The molecule has 1 N–H and O–H groups in total. The highest BCUT2D eigenvalue weighted by Crippen LogP contribution is 2.09. The van der Waals surface area contributed by atoms with E-state index in [1.807, 2.05) is 0 Å². The van der Waals surface area contributed by atoms with E-state index in [4.69, 9.17) is 0 Å². The van der Waals surface area contributed by atoms with Gasteiger partial charge in [-0.3, -0.25) is 0 Å². The molecular weight excluding hydrogens is 240 g/mol. The largest absolute Gasteiger partial charge is 0.314 e. The average Bonchev–Trinajstić information content (AvgIpc) is 2.41. The Morgan fingerprint density at radius 2 is 1.78 bits per heavy atom. The summed E-state index contributed by atoms with van der Waals surface area (Å²) in [6.45, 7) is 13.8. The predicted molar refractivity (Wildman–Crippen MR) is 86.7 cm³/mol. The van der Waals surface area contributed by atoms with Crippen molar-refractivity contribution < 1.29 is 0 Å². The third kappa shape index (κ3) is 10.2. The first-order chi connectivity index (χ1) is 8.78. The summed E-state index contributed by atoms with van der Waals surface area (Å²) in [6.07, 6.45) is 5.21. The van der Waals surface area contributed by atoms with Crippen molar-refractivity contribution in [2.45, 2.75) is 59.4 Å². The molecule has 0 radical (unpaired) electrons. The molecule has 0 amide bonds. The third-order valence-corrected chi connectivity index (χ3v) is 4.51. The molecule has 0 rings (SSSR count). The zero-order chi connectivity index (χ0) is 13.6. The van der Waals surface area contributed by atoms with Crippen LogP contribution in [0.3, 0.4) is 0 Å². The first kappa shape index (κ1) is 18.3. The number of thioether (sulfide) groups is 1. The predicted octanol–water partition coefficient (Wildman–Crippen LogP) is 3.62. The third-order valence-electron chi connectivity index (χ3n) is 3.46. The summed E-state index contributed by atoms with van der Waals surface area (Å²) in [4.78, 5) is 2.50. The second-order valence-corrected chi connectivity index (χ2v) is 6.07. The zero-order valence-electron chi connectivity index (χ0n) is 13.0. The summed E-state index contributed by atoms with van der Waals surface area (Å²) in [5.74, 6) is 2.62. The Morgan fingerprint density at radius 1 is 1.06 bits per heavy atom. The molecule has 0 heterocycles. The van der Waals surface area contributed by atoms with E-state index in [0.29, 0.717) is 0 Å². The smallest absolute Gasteiger partial charge is 0.00721 e. The van der Waals surface area contributed by atoms with Gasteiger partial charge in [0.1, 0.15) is 0 Å². The van der Waals surface area contributed by atoms with Gasteiger partial charge in [-0.25, -0.2) is 0 Å². The van der Waals surface area contributed by atoms with E-state index < -0.39 is 0 Å². The van der Waals surface area contributed by atoms with Crippen LogP contribution < -0.4 is 5.32 Å². The van der Waals surface area contributed by atoms with Crippen molar-refractivity contribution in [1.29, 1.82) is 0 Å². The number of nitrogens with one attached hydrogen (secondary N) is 1. The Balaban J connectivity index is 3.37. The lowest BCUT2D eigenvalue weighted by Gasteiger charge is -2.18. The van der Waals surface area contributed by atoms with Crippen molar-refractivity contribution in [2.24, 2.45) is 0 Å². The molecule has 0 aromatic heterocycles. The molecule has 2 nitrogen and oxygen atoms in total. The van der Waals surface area contributed by atoms with Crippen molar-refractivity contribution in [3.8, 4) is 0 Å². The fourth-order valence-corrected chi connectivity index (χ4v) is 3.03. The van der Waals surface area contributed by atoms with Crippen LogP contribution in [0.15, 0.2) is 0 Å². The molecule has 0 aliphatic carbocycles. The molecule has 3 heteroatoms. The van der Waals surface area contributed by atoms with Gasteiger partial charge >= 0.3 is 0 Å². The van der Waals surface area contributed by atoms with Crippen LogP contribution in [-0.2, 0) is 0 Å². The lowest BCUT2D eigenvalue weighted by molar-refractivity contribution is 0.324. The standard InChI is InChI=1S/C15H34N2S/c1-5-11-16-15(6-2)10-9-13-18-14-12-17(7-3)8-4/h15-16H,5-14H2,1-4H3. The van der Waals surface area contributed by atoms with Crippen LogP contribution in [-0.4, -0.2) is 48.6 Å². The maximum Gasteiger partial charge on any atom is 0.00721 e. The minimum Gasteiger partial charge on any atom is -0.314 e. The maximum absolute atomic E-state index is 3.63. The Labute approximate surface area is 119 Å². The first-order valence-corrected chi connectivity index (χ1v) is 8.97. The van der Waals surface area contributed by atoms with Gasteiger partial charge in [0.15, 0.2) is 0 Å². The summed E-state index contributed by atoms with van der Waals surface area (Å²) >= 11 is 2.12. The number of rotatable bonds is 13. The fourth-order valence-electron chi connectivity index (χ4n) is 2.07. The molecule has 0 fully saturated rings. The van der Waals surface area contributed by atoms with E-state index in [1.165, 1.54) is 63.4 Å². The summed E-state index contributed by atoms with van der Waals surface area (Å²) in [7, 11) is 0. The molecule has 18 heavy (non-hydrogen) atoms. The van der Waals surface area contributed by atoms with Gasteiger partial charge < -0.3 is 10.2 Å². The highest BCUT2D eigenvalue weighted by Gasteiger charge is 2.04. The molecule has 1 unspecified atom stereocenters. The van der Waals surface area contributed by atoms with Gasteiger partial charge in [-0.2, -0.15) is 11.8 Å². The monoisotopic (exact) mass is 274 g/mol. The molecule has 0 aromatic rings. The highest BCUT2D eigenvalue weighted by atomic mass is 32.2. The molecule has 0 bridgehead atoms. The van der Waals surface area contributed by atoms with Crippen LogP contribution in [0.4, 0.5) is 0 Å². The van der Waals surface area contributed by atoms with E-state index in [1.54, 1.807) is 0 Å². The molecular formula is C15H34N2S. The van der Waals surface area contributed by atoms with Crippen molar-refractivity contribution in [1.82, 2.24) is 10.2 Å². The van der Waals surface area contributed by atoms with Crippen molar-refractivity contribution in [2.75, 3.05) is 37.7 Å². The molecule has 1 atom stereocenters. The van der Waals surface area contributed by atoms with Crippen molar-refractivity contribution in [3.63, 3.8) is 0 Å². The molecule has 110 valence electrons. The molecule has 0 saturated carbocycles. The van der Waals surface area contributed by atoms with Gasteiger partial charge in [0.05, 0.1) is 0 Å². The van der Waals surface area contributed by atoms with E-state index in [2.05, 4.69) is 49.7 Å². The minimum atomic E-state index is 0.744. The van der Waals surface area contributed by atoms with Gasteiger partial charge in [0.2, 0.25) is 0 Å². The van der Waals surface area contributed by atoms with E-state index >= 15 is 0 Å². The Kier molecular flexibility index (Phi) is 13.9. The molecule has 0 spiro atoms. The number of hydrogen-bond donors (Lipinski definition) is 1. The van der Waals surface area contributed by atoms with Crippen molar-refractivity contribution >= 4 is 11.8 Å².